The van der Waals surface area contributed by atoms with Crippen LogP contribution in [0.5, 0.6) is 5.75 Å². The zero-order chi connectivity index (χ0) is 12.8. The van der Waals surface area contributed by atoms with Crippen molar-refractivity contribution in [1.82, 2.24) is 10.2 Å². The summed E-state index contributed by atoms with van der Waals surface area (Å²) in [5.41, 5.74) is 1.28. The molecule has 0 aliphatic heterocycles. The summed E-state index contributed by atoms with van der Waals surface area (Å²) in [6.45, 7) is 0.990. The van der Waals surface area contributed by atoms with Gasteiger partial charge >= 0.3 is 0 Å². The lowest BCUT2D eigenvalue weighted by Crippen LogP contribution is -2.07. The summed E-state index contributed by atoms with van der Waals surface area (Å²) in [7, 11) is 1.62. The molecule has 1 N–H and O–H groups in total. The highest BCUT2D eigenvalue weighted by atomic mass is 16.5. The van der Waals surface area contributed by atoms with Gasteiger partial charge in [-0.15, -0.1) is 0 Å². The Morgan fingerprint density at radius 3 is 2.72 bits per heavy atom. The van der Waals surface area contributed by atoms with Gasteiger partial charge in [-0.3, -0.25) is 4.79 Å². The van der Waals surface area contributed by atoms with Gasteiger partial charge in [0.15, 0.2) is 0 Å². The van der Waals surface area contributed by atoms with Crippen LogP contribution in [-0.4, -0.2) is 30.5 Å². The van der Waals surface area contributed by atoms with Crippen molar-refractivity contribution in [3.05, 3.63) is 46.8 Å². The second kappa shape index (κ2) is 5.97. The molecule has 5 nitrogen and oxygen atoms in total. The lowest BCUT2D eigenvalue weighted by molar-refractivity contribution is 0.146. The first-order valence-corrected chi connectivity index (χ1v) is 5.58. The Bertz CT molecular complexity index is 546. The second-order valence-corrected chi connectivity index (χ2v) is 3.64. The maximum atomic E-state index is 11.0. The number of nitrogens with zero attached hydrogens (tertiary/aromatic N) is 1. The number of hydrogen-bond donors (Lipinski definition) is 1. The van der Waals surface area contributed by atoms with Crippen LogP contribution in [0.25, 0.3) is 11.3 Å². The van der Waals surface area contributed by atoms with Gasteiger partial charge in [0.25, 0.3) is 5.56 Å². The number of H-pyrrole nitrogens is 1. The molecule has 0 atom stereocenters. The number of nitrogens with one attached hydrogen (secondary N) is 1. The van der Waals surface area contributed by atoms with Crippen molar-refractivity contribution in [2.45, 2.75) is 0 Å². The number of ether oxygens (including phenoxy) is 2. The third kappa shape index (κ3) is 2.95. The quantitative estimate of drug-likeness (QED) is 0.811. The smallest absolute Gasteiger partial charge is 0.264 e. The Balaban J connectivity index is 2.26. The van der Waals surface area contributed by atoms with E-state index in [-0.39, 0.29) is 5.56 Å². The van der Waals surface area contributed by atoms with Crippen molar-refractivity contribution in [2.24, 2.45) is 0 Å². The number of aromatic amines is 1. The van der Waals surface area contributed by atoms with Crippen molar-refractivity contribution < 1.29 is 9.47 Å². The van der Waals surface area contributed by atoms with Gasteiger partial charge in [-0.2, -0.15) is 5.10 Å². The van der Waals surface area contributed by atoms with Crippen LogP contribution in [0.3, 0.4) is 0 Å². The van der Waals surface area contributed by atoms with Crippen molar-refractivity contribution >= 4 is 0 Å². The van der Waals surface area contributed by atoms with Crippen molar-refractivity contribution in [3.63, 3.8) is 0 Å². The minimum absolute atomic E-state index is 0.225. The van der Waals surface area contributed by atoms with E-state index in [1.807, 2.05) is 24.3 Å². The summed E-state index contributed by atoms with van der Waals surface area (Å²) < 4.78 is 10.5. The molecule has 0 aliphatic carbocycles. The van der Waals surface area contributed by atoms with E-state index in [4.69, 9.17) is 9.47 Å². The highest BCUT2D eigenvalue weighted by molar-refractivity contribution is 5.66. The highest BCUT2D eigenvalue weighted by Gasteiger charge is 2.06. The Kier molecular flexibility index (Phi) is 4.09. The molecule has 5 heteroatoms. The zero-order valence-corrected chi connectivity index (χ0v) is 10.1. The van der Waals surface area contributed by atoms with Crippen LogP contribution in [0, 0.1) is 0 Å². The summed E-state index contributed by atoms with van der Waals surface area (Å²) in [4.78, 5) is 11.0. The van der Waals surface area contributed by atoms with Gasteiger partial charge in [0.05, 0.1) is 12.3 Å². The molecule has 0 saturated carbocycles. The van der Waals surface area contributed by atoms with Crippen LogP contribution in [0.15, 0.2) is 41.2 Å². The molecular formula is C13H14N2O3. The average molecular weight is 246 g/mol. The fourth-order valence-electron chi connectivity index (χ4n) is 1.53. The summed E-state index contributed by atoms with van der Waals surface area (Å²) in [6, 6.07) is 10.6. The van der Waals surface area contributed by atoms with Crippen LogP contribution >= 0.6 is 0 Å². The highest BCUT2D eigenvalue weighted by Crippen LogP contribution is 2.27. The number of benzene rings is 1. The molecule has 0 unspecified atom stereocenters. The largest absolute Gasteiger partial charge is 0.490 e. The van der Waals surface area contributed by atoms with E-state index in [9.17, 15) is 4.79 Å². The summed E-state index contributed by atoms with van der Waals surface area (Å²) in [5, 5.41) is 6.40. The van der Waals surface area contributed by atoms with Crippen LogP contribution in [0.1, 0.15) is 0 Å². The molecule has 0 amide bonds. The van der Waals surface area contributed by atoms with Crippen LogP contribution in [-0.2, 0) is 4.74 Å². The van der Waals surface area contributed by atoms with E-state index in [2.05, 4.69) is 10.2 Å². The monoisotopic (exact) mass is 246 g/mol. The van der Waals surface area contributed by atoms with Crippen molar-refractivity contribution in [2.75, 3.05) is 20.3 Å². The fraction of sp³-hybridized carbons (Fsp3) is 0.231. The number of hydrogen-bond acceptors (Lipinski definition) is 4. The first-order chi connectivity index (χ1) is 8.81. The molecule has 0 saturated heterocycles. The molecule has 0 fully saturated rings. The predicted molar refractivity (Wildman–Crippen MR) is 67.7 cm³/mol. The number of para-hydroxylation sites is 1. The van der Waals surface area contributed by atoms with E-state index >= 15 is 0 Å². The van der Waals surface area contributed by atoms with E-state index < -0.39 is 0 Å². The molecule has 2 aromatic rings. The normalized spacial score (nSPS) is 10.3. The maximum absolute atomic E-state index is 11.0. The average Bonchev–Trinajstić information content (AvgIpc) is 2.41. The molecule has 1 aromatic heterocycles. The van der Waals surface area contributed by atoms with Gasteiger partial charge < -0.3 is 9.47 Å². The minimum Gasteiger partial charge on any atom is -0.490 e. The Morgan fingerprint density at radius 1 is 1.17 bits per heavy atom. The standard InChI is InChI=1S/C13H14N2O3/c1-17-8-9-18-12-5-3-2-4-10(12)11-6-7-13(16)15-14-11/h2-7H,8-9H2,1H3,(H,15,16). The molecule has 0 bridgehead atoms. The summed E-state index contributed by atoms with van der Waals surface area (Å²) in [5.74, 6) is 0.717. The second-order valence-electron chi connectivity index (χ2n) is 3.64. The third-order valence-corrected chi connectivity index (χ3v) is 2.39. The Labute approximate surface area is 104 Å². The molecule has 18 heavy (non-hydrogen) atoms. The van der Waals surface area contributed by atoms with Crippen molar-refractivity contribution in [1.29, 1.82) is 0 Å². The first-order valence-electron chi connectivity index (χ1n) is 5.58. The van der Waals surface area contributed by atoms with E-state index in [0.29, 0.717) is 24.7 Å². The topological polar surface area (TPSA) is 64.2 Å². The Morgan fingerprint density at radius 2 is 2.00 bits per heavy atom. The number of methoxy groups -OCH3 is 1. The number of rotatable bonds is 5. The van der Waals surface area contributed by atoms with Crippen LogP contribution < -0.4 is 10.3 Å². The maximum Gasteiger partial charge on any atom is 0.264 e. The van der Waals surface area contributed by atoms with Gasteiger partial charge in [0, 0.05) is 18.7 Å². The molecule has 1 heterocycles. The zero-order valence-electron chi connectivity index (χ0n) is 10.1. The van der Waals surface area contributed by atoms with Gasteiger partial charge in [0.1, 0.15) is 12.4 Å². The minimum atomic E-state index is -0.225. The molecule has 0 radical (unpaired) electrons. The van der Waals surface area contributed by atoms with Gasteiger partial charge in [0.2, 0.25) is 0 Å². The molecule has 0 spiro atoms. The predicted octanol–water partition coefficient (Wildman–Crippen LogP) is 1.46. The fourth-order valence-corrected chi connectivity index (χ4v) is 1.53. The molecule has 94 valence electrons. The van der Waals surface area contributed by atoms with E-state index in [1.165, 1.54) is 6.07 Å². The van der Waals surface area contributed by atoms with Gasteiger partial charge in [-0.25, -0.2) is 5.10 Å². The SMILES string of the molecule is COCCOc1ccccc1-c1ccc(=O)[nH]n1. The Hall–Kier alpha value is -2.14. The molecule has 2 rings (SSSR count). The van der Waals surface area contributed by atoms with Crippen molar-refractivity contribution in [3.8, 4) is 17.0 Å². The van der Waals surface area contributed by atoms with E-state index in [0.717, 1.165) is 5.56 Å². The van der Waals surface area contributed by atoms with E-state index in [1.54, 1.807) is 13.2 Å². The lowest BCUT2D eigenvalue weighted by Gasteiger charge is -2.10. The first kappa shape index (κ1) is 12.3. The molecule has 0 aliphatic rings. The number of aromatic nitrogens is 2. The molecular weight excluding hydrogens is 232 g/mol. The summed E-state index contributed by atoms with van der Waals surface area (Å²) in [6.07, 6.45) is 0. The summed E-state index contributed by atoms with van der Waals surface area (Å²) >= 11 is 0. The van der Waals surface area contributed by atoms with Gasteiger partial charge in [-0.05, 0) is 18.2 Å². The lowest BCUT2D eigenvalue weighted by atomic mass is 10.1. The van der Waals surface area contributed by atoms with Gasteiger partial charge in [-0.1, -0.05) is 12.1 Å². The van der Waals surface area contributed by atoms with Crippen LogP contribution in [0.4, 0.5) is 0 Å². The molecule has 1 aromatic carbocycles. The van der Waals surface area contributed by atoms with Crippen LogP contribution in [0.2, 0.25) is 0 Å². The third-order valence-electron chi connectivity index (χ3n) is 2.39.